The van der Waals surface area contributed by atoms with Crippen LogP contribution in [0.25, 0.3) is 0 Å². The van der Waals surface area contributed by atoms with Crippen LogP contribution in [0.5, 0.6) is 0 Å². The monoisotopic (exact) mass is 108 g/mol. The molecule has 0 aliphatic carbocycles. The summed E-state index contributed by atoms with van der Waals surface area (Å²) in [5, 5.41) is 6.76. The second kappa shape index (κ2) is 12.1. The van der Waals surface area contributed by atoms with Crippen molar-refractivity contribution in [3.05, 3.63) is 0 Å². The molecule has 0 fully saturated rings. The zero-order chi connectivity index (χ0) is 2.71. The van der Waals surface area contributed by atoms with Crippen LogP contribution in [0.1, 0.15) is 0 Å². The maximum absolute atomic E-state index is 8.24. The molecule has 0 heterocycles. The van der Waals surface area contributed by atoms with Gasteiger partial charge in [0.05, 0.1) is 0 Å². The van der Waals surface area contributed by atoms with Crippen molar-refractivity contribution in [2.45, 2.75) is 0 Å². The van der Waals surface area contributed by atoms with Gasteiger partial charge in [0.25, 0.3) is 0 Å². The Kier molecular flexibility index (Phi) is 27.2. The molecule has 3 heteroatoms. The fourth-order valence-corrected chi connectivity index (χ4v) is 0. The molecule has 0 radical (unpaired) electrons. The van der Waals surface area contributed by atoms with Crippen molar-refractivity contribution in [2.24, 2.45) is 0 Å². The smallest absolute Gasteiger partial charge is 0.665 e. The molecule has 0 rings (SSSR count). The number of rotatable bonds is 0. The third-order valence-corrected chi connectivity index (χ3v) is 0. The van der Waals surface area contributed by atoms with E-state index in [2.05, 4.69) is 0 Å². The van der Waals surface area contributed by atoms with Gasteiger partial charge in [-0.15, -0.1) is 0 Å². The molecule has 28 valence electrons. The summed E-state index contributed by atoms with van der Waals surface area (Å²) in [4.78, 5) is 8.24. The first kappa shape index (κ1) is 9.01. The number of aliphatic hydroxyl groups excluding tert-OH is 1. The number of hydrogen-bond donors (Lipinski definition) is 1. The molecule has 0 bridgehead atoms. The van der Waals surface area contributed by atoms with Crippen LogP contribution in [0.4, 0.5) is 0 Å². The van der Waals surface area contributed by atoms with Gasteiger partial charge in [-0.25, -0.2) is 0 Å². The summed E-state index contributed by atoms with van der Waals surface area (Å²) in [6, 6.07) is 0. The molecule has 0 spiro atoms. The fourth-order valence-electron chi connectivity index (χ4n) is 0. The Balaban J connectivity index is 0. The molecule has 2 nitrogen and oxygen atoms in total. The van der Waals surface area contributed by atoms with Crippen LogP contribution in [0, 0.1) is 0 Å². The van der Waals surface area contributed by atoms with Crippen molar-refractivity contribution < 1.29 is 27.0 Å². The van der Waals surface area contributed by atoms with E-state index in [-0.39, 0.29) is 17.1 Å². The first-order chi connectivity index (χ1) is 1.41. The molecule has 0 atom stereocenters. The minimum absolute atomic E-state index is 0. The molecular weight excluding hydrogens is 108 g/mol. The summed E-state index contributed by atoms with van der Waals surface area (Å²) in [5.74, 6) is 0. The molecule has 0 aromatic rings. The third kappa shape index (κ3) is 17600. The normalized spacial score (nSPS) is 3.00. The van der Waals surface area contributed by atoms with Crippen LogP contribution in [-0.4, -0.2) is 11.6 Å². The largest absolute Gasteiger partial charge is 1.00 e. The Hall–Kier alpha value is -0.0105. The van der Waals surface area contributed by atoms with E-state index in [0.717, 1.165) is 0 Å². The molecule has 0 aliphatic rings. The van der Waals surface area contributed by atoms with Gasteiger partial charge >= 0.3 is 17.1 Å². The second-order valence-electron chi connectivity index (χ2n) is 0.0913. The minimum atomic E-state index is 0. The number of hydrogen-bond acceptors (Lipinski definition) is 1. The van der Waals surface area contributed by atoms with E-state index in [9.17, 15) is 0 Å². The van der Waals surface area contributed by atoms with E-state index < -0.39 is 0 Å². The van der Waals surface area contributed by atoms with Crippen LogP contribution in [0.2, 0.25) is 0 Å². The average Bonchev–Trinajstić information content (AvgIpc) is 0.918. The second-order valence-corrected chi connectivity index (χ2v) is 0.0913. The SMILES string of the molecule is O=[C-]O.[Cu+]. The predicted octanol–water partition coefficient (Wildman–Crippen LogP) is -0.391. The zero-order valence-electron chi connectivity index (χ0n) is 1.66. The van der Waals surface area contributed by atoms with Crippen LogP contribution in [-0.2, 0) is 21.9 Å². The van der Waals surface area contributed by atoms with Gasteiger partial charge in [0.1, 0.15) is 0 Å². The molecule has 0 aliphatic heterocycles. The first-order valence-electron chi connectivity index (χ1n) is 0.428. The fraction of sp³-hybridized carbons (Fsp3) is 0. The Morgan fingerprint density at radius 3 is 1.75 bits per heavy atom. The van der Waals surface area contributed by atoms with Gasteiger partial charge in [0, 0.05) is 0 Å². The molecule has 0 aromatic heterocycles. The van der Waals surface area contributed by atoms with E-state index >= 15 is 0 Å². The molecule has 1 N–H and O–H groups in total. The summed E-state index contributed by atoms with van der Waals surface area (Å²) in [6.07, 6.45) is 0. The molecule has 4 heavy (non-hydrogen) atoms. The molecular formula is CHCuO2. The van der Waals surface area contributed by atoms with Crippen LogP contribution in [0.3, 0.4) is 0 Å². The summed E-state index contributed by atoms with van der Waals surface area (Å²) in [7, 11) is 0. The Labute approximate surface area is 34.3 Å². The minimum Gasteiger partial charge on any atom is -0.665 e. The van der Waals surface area contributed by atoms with Crippen molar-refractivity contribution in [2.75, 3.05) is 0 Å². The predicted molar refractivity (Wildman–Crippen MR) is 8.32 cm³/mol. The van der Waals surface area contributed by atoms with Gasteiger partial charge in [0.15, 0.2) is 0 Å². The Bertz CT molecular complexity index is 13.5. The molecule has 0 aromatic carbocycles. The van der Waals surface area contributed by atoms with Crippen LogP contribution >= 0.6 is 0 Å². The Morgan fingerprint density at radius 1 is 1.75 bits per heavy atom. The zero-order valence-corrected chi connectivity index (χ0v) is 2.60. The van der Waals surface area contributed by atoms with E-state index in [1.165, 1.54) is 0 Å². The average molecular weight is 109 g/mol. The summed E-state index contributed by atoms with van der Waals surface area (Å²) < 4.78 is 0. The summed E-state index contributed by atoms with van der Waals surface area (Å²) in [5.41, 5.74) is 0. The van der Waals surface area contributed by atoms with Crippen molar-refractivity contribution >= 4 is 6.47 Å². The van der Waals surface area contributed by atoms with Crippen LogP contribution in [0.15, 0.2) is 0 Å². The molecule has 0 unspecified atom stereocenters. The maximum Gasteiger partial charge on any atom is 1.00 e. The summed E-state index contributed by atoms with van der Waals surface area (Å²) >= 11 is 0. The Morgan fingerprint density at radius 2 is 1.75 bits per heavy atom. The van der Waals surface area contributed by atoms with E-state index in [1.54, 1.807) is 0 Å². The van der Waals surface area contributed by atoms with E-state index in [1.807, 2.05) is 0 Å². The summed E-state index contributed by atoms with van der Waals surface area (Å²) in [6.45, 7) is 0.500. The topological polar surface area (TPSA) is 37.3 Å². The van der Waals surface area contributed by atoms with Gasteiger partial charge < -0.3 is 9.90 Å². The maximum atomic E-state index is 8.24. The first-order valence-corrected chi connectivity index (χ1v) is 0.428. The van der Waals surface area contributed by atoms with Crippen LogP contribution < -0.4 is 0 Å². The quantitative estimate of drug-likeness (QED) is 0.339. The molecule has 0 amide bonds. The van der Waals surface area contributed by atoms with Crippen molar-refractivity contribution in [3.8, 4) is 0 Å². The molecule has 0 saturated carbocycles. The van der Waals surface area contributed by atoms with Crippen molar-refractivity contribution in [1.82, 2.24) is 0 Å². The van der Waals surface area contributed by atoms with Gasteiger partial charge in [-0.3, -0.25) is 0 Å². The van der Waals surface area contributed by atoms with E-state index in [0.29, 0.717) is 6.47 Å². The van der Waals surface area contributed by atoms with Crippen molar-refractivity contribution in [3.63, 3.8) is 0 Å². The molecule has 0 saturated heterocycles. The van der Waals surface area contributed by atoms with Crippen molar-refractivity contribution in [1.29, 1.82) is 0 Å². The standard InChI is InChI=1S/CHO2.Cu/c2-1-3;/h(H,2,3);/q-1;+1. The van der Waals surface area contributed by atoms with Gasteiger partial charge in [-0.1, -0.05) is 6.47 Å². The third-order valence-electron chi connectivity index (χ3n) is 0. The van der Waals surface area contributed by atoms with Gasteiger partial charge in [-0.05, 0) is 0 Å². The van der Waals surface area contributed by atoms with Gasteiger partial charge in [0.2, 0.25) is 0 Å². The van der Waals surface area contributed by atoms with E-state index in [4.69, 9.17) is 9.90 Å². The van der Waals surface area contributed by atoms with Gasteiger partial charge in [-0.2, -0.15) is 0 Å².